The molecule has 2 aliphatic rings. The summed E-state index contributed by atoms with van der Waals surface area (Å²) in [6, 6.07) is 10.7. The molecule has 5 rings (SSSR count). The van der Waals surface area contributed by atoms with E-state index < -0.39 is 43.3 Å². The summed E-state index contributed by atoms with van der Waals surface area (Å²) in [5.74, 6) is 0.683. The van der Waals surface area contributed by atoms with Gasteiger partial charge in [0, 0.05) is 68.1 Å². The van der Waals surface area contributed by atoms with Crippen molar-refractivity contribution in [3.05, 3.63) is 145 Å². The van der Waals surface area contributed by atoms with Crippen LogP contribution in [0.5, 0.6) is 11.5 Å². The van der Waals surface area contributed by atoms with E-state index in [1.54, 1.807) is 0 Å². The molecular formula is C63H85NO4. The number of carbonyl (C=O) groups excluding carboxylic acids is 2. The number of phenols is 2. The van der Waals surface area contributed by atoms with E-state index in [4.69, 9.17) is 4.98 Å². The maximum atomic E-state index is 14.5. The van der Waals surface area contributed by atoms with Gasteiger partial charge in [0.15, 0.2) is 11.6 Å². The molecule has 5 heteroatoms. The molecule has 0 unspecified atom stereocenters. The van der Waals surface area contributed by atoms with Crippen LogP contribution in [0.2, 0.25) is 0 Å². The maximum Gasteiger partial charge on any atom is 0.186 e. The smallest absolute Gasteiger partial charge is 0.186 e. The fraction of sp³-hybridized carbons (Fsp3) is 0.508. The van der Waals surface area contributed by atoms with Crippen LogP contribution in [0.3, 0.4) is 0 Å². The van der Waals surface area contributed by atoms with Crippen LogP contribution in [-0.4, -0.2) is 26.8 Å². The Morgan fingerprint density at radius 1 is 0.338 bits per heavy atom. The zero-order valence-corrected chi connectivity index (χ0v) is 46.5. The van der Waals surface area contributed by atoms with Gasteiger partial charge in [-0.05, 0) is 131 Å². The van der Waals surface area contributed by atoms with Gasteiger partial charge < -0.3 is 10.2 Å². The lowest BCUT2D eigenvalue weighted by Crippen LogP contribution is -2.28. The third-order valence-corrected chi connectivity index (χ3v) is 13.3. The van der Waals surface area contributed by atoms with Gasteiger partial charge >= 0.3 is 0 Å². The SMILES string of the molecule is CC(C)(C)C1=CC(=C(c2cncc(C(=C3C=C(C(C)(C)C)C(=O)C(C(C)(C)C)=C3)c3cc(C(C)(C)C)c(O)c(C(C)(C)C)c3)c2)c2cc(C(C)(C)C)c(O)c(C(C)(C)C)c2)C=C(C(C)(C)C)C1=O. The first-order valence-electron chi connectivity index (χ1n) is 24.6. The summed E-state index contributed by atoms with van der Waals surface area (Å²) < 4.78 is 0. The van der Waals surface area contributed by atoms with Crippen molar-refractivity contribution < 1.29 is 19.8 Å². The molecule has 0 atom stereocenters. The monoisotopic (exact) mass is 920 g/mol. The normalized spacial score (nSPS) is 16.1. The number of rotatable bonds is 4. The van der Waals surface area contributed by atoms with Crippen LogP contribution in [0.25, 0.3) is 11.1 Å². The summed E-state index contributed by atoms with van der Waals surface area (Å²) in [5, 5.41) is 24.1. The van der Waals surface area contributed by atoms with Crippen LogP contribution in [0, 0.1) is 21.7 Å². The van der Waals surface area contributed by atoms with Gasteiger partial charge in [0.2, 0.25) is 0 Å². The van der Waals surface area contributed by atoms with Gasteiger partial charge in [0.25, 0.3) is 0 Å². The van der Waals surface area contributed by atoms with Gasteiger partial charge in [0.05, 0.1) is 0 Å². The largest absolute Gasteiger partial charge is 0.507 e. The molecule has 1 heterocycles. The lowest BCUT2D eigenvalue weighted by Gasteiger charge is -2.33. The lowest BCUT2D eigenvalue weighted by molar-refractivity contribution is -0.114. The van der Waals surface area contributed by atoms with Gasteiger partial charge in [-0.15, -0.1) is 0 Å². The van der Waals surface area contributed by atoms with Gasteiger partial charge in [-0.25, -0.2) is 0 Å². The number of Topliss-reactive ketones (excluding diaryl/α,β-unsaturated/α-hetero) is 2. The standard InChI is InChI=1S/C63H85NO4/c1-56(2,3)42-26-36(27-43(52(42)65)57(4,5)6)50(37-28-44(58(7,8)9)53(66)45(29-37)59(10,11)12)40-25-41(35-64-34-40)51(38-30-46(60(13,14)15)54(67)47(31-38)61(16,17)18)39-32-48(62(19,20)21)55(68)49(33-39)63(22,23)24/h25-35,65,67H,1-24H3. The van der Waals surface area contributed by atoms with Gasteiger partial charge in [-0.3, -0.25) is 14.6 Å². The summed E-state index contributed by atoms with van der Waals surface area (Å²) in [6.45, 7) is 50.7. The number of hydrogen-bond donors (Lipinski definition) is 2. The van der Waals surface area contributed by atoms with Crippen LogP contribution in [0.1, 0.15) is 211 Å². The first-order valence-corrected chi connectivity index (χ1v) is 24.6. The number of allylic oxidation sites excluding steroid dienone is 10. The highest BCUT2D eigenvalue weighted by Crippen LogP contribution is 2.49. The zero-order valence-electron chi connectivity index (χ0n) is 46.5. The number of nitrogens with zero attached hydrogens (tertiary/aromatic N) is 1. The minimum absolute atomic E-state index is 0.0508. The second kappa shape index (κ2) is 17.4. The summed E-state index contributed by atoms with van der Waals surface area (Å²) in [4.78, 5) is 34.2. The lowest BCUT2D eigenvalue weighted by atomic mass is 9.70. The molecule has 0 fully saturated rings. The highest BCUT2D eigenvalue weighted by molar-refractivity contribution is 6.14. The van der Waals surface area contributed by atoms with E-state index in [1.807, 2.05) is 12.4 Å². The Hall–Kier alpha value is -5.03. The minimum atomic E-state index is -0.459. The Morgan fingerprint density at radius 2 is 0.559 bits per heavy atom. The molecule has 0 aliphatic heterocycles. The second-order valence-corrected chi connectivity index (χ2v) is 27.9. The quantitative estimate of drug-likeness (QED) is 0.272. The third kappa shape index (κ3) is 11.0. The van der Waals surface area contributed by atoms with E-state index in [0.29, 0.717) is 11.5 Å². The van der Waals surface area contributed by atoms with Gasteiger partial charge in [-0.1, -0.05) is 166 Å². The maximum absolute atomic E-state index is 14.5. The van der Waals surface area contributed by atoms with E-state index in [0.717, 1.165) is 89.1 Å². The molecule has 2 aromatic carbocycles. The fourth-order valence-electron chi connectivity index (χ4n) is 9.33. The Bertz CT molecular complexity index is 2420. The van der Waals surface area contributed by atoms with Gasteiger partial charge in [-0.2, -0.15) is 0 Å². The van der Waals surface area contributed by atoms with Crippen molar-refractivity contribution in [2.24, 2.45) is 21.7 Å². The van der Waals surface area contributed by atoms with Crippen molar-refractivity contribution in [2.75, 3.05) is 0 Å². The van der Waals surface area contributed by atoms with Crippen LogP contribution >= 0.6 is 0 Å². The summed E-state index contributed by atoms with van der Waals surface area (Å²) >= 11 is 0. The molecule has 0 radical (unpaired) electrons. The molecule has 2 N–H and O–H groups in total. The zero-order chi connectivity index (χ0) is 52.0. The van der Waals surface area contributed by atoms with E-state index in [1.165, 1.54) is 0 Å². The molecule has 0 saturated heterocycles. The van der Waals surface area contributed by atoms with Crippen molar-refractivity contribution in [1.82, 2.24) is 4.98 Å². The highest BCUT2D eigenvalue weighted by atomic mass is 16.3. The second-order valence-electron chi connectivity index (χ2n) is 27.9. The van der Waals surface area contributed by atoms with Crippen molar-refractivity contribution >= 4 is 22.7 Å². The fourth-order valence-corrected chi connectivity index (χ4v) is 9.33. The highest BCUT2D eigenvalue weighted by Gasteiger charge is 2.38. The number of ketones is 2. The molecule has 5 nitrogen and oxygen atoms in total. The van der Waals surface area contributed by atoms with Crippen LogP contribution in [0.4, 0.5) is 0 Å². The van der Waals surface area contributed by atoms with Gasteiger partial charge in [0.1, 0.15) is 11.5 Å². The minimum Gasteiger partial charge on any atom is -0.507 e. The number of phenolic OH excluding ortho intramolecular Hbond substituents is 2. The summed E-state index contributed by atoms with van der Waals surface area (Å²) in [7, 11) is 0. The Morgan fingerprint density at radius 3 is 0.750 bits per heavy atom. The van der Waals surface area contributed by atoms with E-state index in [-0.39, 0.29) is 11.6 Å². The topological polar surface area (TPSA) is 87.5 Å². The molecule has 0 bridgehead atoms. The molecule has 1 aromatic heterocycles. The van der Waals surface area contributed by atoms with Crippen LogP contribution < -0.4 is 0 Å². The molecule has 68 heavy (non-hydrogen) atoms. The first kappa shape index (κ1) is 53.9. The average Bonchev–Trinajstić information content (AvgIpc) is 3.13. The predicted molar refractivity (Wildman–Crippen MR) is 287 cm³/mol. The number of aromatic hydroxyl groups is 2. The number of aromatic nitrogens is 1. The molecule has 0 spiro atoms. The van der Waals surface area contributed by atoms with E-state index >= 15 is 0 Å². The Kier molecular flexibility index (Phi) is 13.8. The molecule has 0 amide bonds. The first-order chi connectivity index (χ1) is 30.5. The molecule has 0 saturated carbocycles. The number of carbonyl (C=O) groups is 2. The average molecular weight is 920 g/mol. The van der Waals surface area contributed by atoms with Crippen LogP contribution in [-0.2, 0) is 31.2 Å². The van der Waals surface area contributed by atoms with Crippen molar-refractivity contribution in [3.8, 4) is 11.5 Å². The molecular weight excluding hydrogens is 835 g/mol. The molecule has 2 aliphatic carbocycles. The predicted octanol–water partition coefficient (Wildman–Crippen LogP) is 16.3. The number of benzene rings is 2. The van der Waals surface area contributed by atoms with Crippen LogP contribution in [0.15, 0.2) is 100 Å². The number of hydrogen-bond acceptors (Lipinski definition) is 5. The summed E-state index contributed by atoms with van der Waals surface area (Å²) in [6.07, 6.45) is 12.1. The Labute approximate surface area is 411 Å². The van der Waals surface area contributed by atoms with E-state index in [2.05, 4.69) is 221 Å². The Balaban J connectivity index is 2.13. The molecule has 3 aromatic rings. The third-order valence-electron chi connectivity index (χ3n) is 13.3. The summed E-state index contributed by atoms with van der Waals surface area (Å²) in [5.41, 5.74) is 9.84. The number of pyridine rings is 1. The van der Waals surface area contributed by atoms with Crippen molar-refractivity contribution in [1.29, 1.82) is 0 Å². The van der Waals surface area contributed by atoms with E-state index in [9.17, 15) is 19.8 Å². The van der Waals surface area contributed by atoms with Crippen molar-refractivity contribution in [3.63, 3.8) is 0 Å². The molecule has 366 valence electrons. The van der Waals surface area contributed by atoms with Crippen molar-refractivity contribution in [2.45, 2.75) is 188 Å².